The minimum atomic E-state index is -0.523. The quantitative estimate of drug-likeness (QED) is 0.667. The van der Waals surface area contributed by atoms with Gasteiger partial charge in [-0.3, -0.25) is 4.79 Å². The van der Waals surface area contributed by atoms with Crippen LogP contribution >= 0.6 is 0 Å². The van der Waals surface area contributed by atoms with Gasteiger partial charge in [-0.2, -0.15) is 0 Å². The first-order valence-electron chi connectivity index (χ1n) is 8.04. The second-order valence-electron chi connectivity index (χ2n) is 6.08. The Bertz CT molecular complexity index is 796. The fourth-order valence-corrected chi connectivity index (χ4v) is 2.64. The first-order valence-corrected chi connectivity index (χ1v) is 8.04. The molecule has 0 saturated heterocycles. The molecule has 24 heavy (non-hydrogen) atoms. The second-order valence-corrected chi connectivity index (χ2v) is 6.08. The van der Waals surface area contributed by atoms with E-state index in [0.29, 0.717) is 12.8 Å². The van der Waals surface area contributed by atoms with Crippen LogP contribution in [0.2, 0.25) is 0 Å². The lowest BCUT2D eigenvalue weighted by Gasteiger charge is -2.10. The molecule has 0 radical (unpaired) electrons. The van der Waals surface area contributed by atoms with Gasteiger partial charge in [-0.15, -0.1) is 0 Å². The summed E-state index contributed by atoms with van der Waals surface area (Å²) in [6.07, 6.45) is 4.17. The number of ketones is 1. The Kier molecular flexibility index (Phi) is 4.92. The predicted molar refractivity (Wildman–Crippen MR) is 99.0 cm³/mol. The van der Waals surface area contributed by atoms with Crippen molar-refractivity contribution in [2.75, 3.05) is 0 Å². The number of hydrogen-bond donors (Lipinski definition) is 2. The summed E-state index contributed by atoms with van der Waals surface area (Å²) in [5, 5.41) is 0. The number of rotatable bonds is 6. The second kappa shape index (κ2) is 7.28. The molecular formula is C19H20BN3O. The highest BCUT2D eigenvalue weighted by Crippen LogP contribution is 2.19. The molecule has 0 spiro atoms. The summed E-state index contributed by atoms with van der Waals surface area (Å²) in [7, 11) is 2.07. The Morgan fingerprint density at radius 2 is 1.71 bits per heavy atom. The summed E-state index contributed by atoms with van der Waals surface area (Å²) < 4.78 is 0. The lowest BCUT2D eigenvalue weighted by molar-refractivity contribution is -0.119. The third-order valence-corrected chi connectivity index (χ3v) is 4.11. The molecule has 3 N–H and O–H groups in total. The number of aromatic nitrogens is 2. The van der Waals surface area contributed by atoms with E-state index < -0.39 is 6.04 Å². The van der Waals surface area contributed by atoms with Crippen LogP contribution in [0, 0.1) is 0 Å². The highest BCUT2D eigenvalue weighted by atomic mass is 16.1. The van der Waals surface area contributed by atoms with Crippen LogP contribution in [0.25, 0.3) is 11.1 Å². The van der Waals surface area contributed by atoms with Gasteiger partial charge in [-0.25, -0.2) is 4.98 Å². The average Bonchev–Trinajstić information content (AvgIpc) is 3.09. The number of nitrogens with one attached hydrogen (secondary N) is 1. The Morgan fingerprint density at radius 1 is 1.08 bits per heavy atom. The molecular weight excluding hydrogens is 297 g/mol. The largest absolute Gasteiger partial charge is 0.351 e. The van der Waals surface area contributed by atoms with Gasteiger partial charge in [-0.1, -0.05) is 54.0 Å². The molecule has 3 rings (SSSR count). The predicted octanol–water partition coefficient (Wildman–Crippen LogP) is 1.02. The number of hydrogen-bond acceptors (Lipinski definition) is 3. The average molecular weight is 317 g/mol. The third-order valence-electron chi connectivity index (χ3n) is 4.11. The molecule has 1 atom stereocenters. The van der Waals surface area contributed by atoms with E-state index in [2.05, 4.69) is 42.1 Å². The van der Waals surface area contributed by atoms with Crippen LogP contribution in [-0.2, 0) is 17.6 Å². The molecule has 5 heteroatoms. The number of aromatic amines is 1. The molecule has 1 heterocycles. The maximum Gasteiger partial charge on any atom is 0.154 e. The minimum absolute atomic E-state index is 0.0288. The van der Waals surface area contributed by atoms with Gasteiger partial charge in [0.05, 0.1) is 18.1 Å². The lowest BCUT2D eigenvalue weighted by Crippen LogP contribution is -2.34. The van der Waals surface area contributed by atoms with Gasteiger partial charge in [0.25, 0.3) is 0 Å². The SMILES string of the molecule is Bc1ccc(-c2ccc(CC(=O)C(N)Cc3c[nH]cn3)cc2)cc1. The molecule has 0 aliphatic carbocycles. The van der Waals surface area contributed by atoms with Crippen molar-refractivity contribution >= 4 is 19.1 Å². The van der Waals surface area contributed by atoms with Gasteiger partial charge in [0.2, 0.25) is 0 Å². The molecule has 1 aromatic heterocycles. The van der Waals surface area contributed by atoms with Crippen molar-refractivity contribution in [2.24, 2.45) is 5.73 Å². The Hall–Kier alpha value is -2.66. The van der Waals surface area contributed by atoms with Crippen LogP contribution in [0.5, 0.6) is 0 Å². The van der Waals surface area contributed by atoms with Crippen LogP contribution < -0.4 is 11.2 Å². The Morgan fingerprint density at radius 3 is 2.29 bits per heavy atom. The van der Waals surface area contributed by atoms with E-state index >= 15 is 0 Å². The number of imidazole rings is 1. The molecule has 0 fully saturated rings. The van der Waals surface area contributed by atoms with Gasteiger partial charge in [-0.05, 0) is 16.7 Å². The van der Waals surface area contributed by atoms with Crippen LogP contribution in [0.4, 0.5) is 0 Å². The number of nitrogens with zero attached hydrogens (tertiary/aromatic N) is 1. The molecule has 2 aromatic carbocycles. The molecule has 0 bridgehead atoms. The van der Waals surface area contributed by atoms with Crippen LogP contribution in [0.1, 0.15) is 11.3 Å². The van der Waals surface area contributed by atoms with Gasteiger partial charge < -0.3 is 10.7 Å². The van der Waals surface area contributed by atoms with E-state index in [1.54, 1.807) is 12.5 Å². The van der Waals surface area contributed by atoms with Gasteiger partial charge in [0.15, 0.2) is 5.78 Å². The van der Waals surface area contributed by atoms with E-state index in [1.165, 1.54) is 11.0 Å². The first-order chi connectivity index (χ1) is 11.6. The summed E-state index contributed by atoms with van der Waals surface area (Å²) in [5.74, 6) is 0.0288. The van der Waals surface area contributed by atoms with Crippen molar-refractivity contribution in [3.8, 4) is 11.1 Å². The molecule has 120 valence electrons. The monoisotopic (exact) mass is 317 g/mol. The van der Waals surface area contributed by atoms with Crippen molar-refractivity contribution in [1.29, 1.82) is 0 Å². The van der Waals surface area contributed by atoms with E-state index in [9.17, 15) is 4.79 Å². The highest BCUT2D eigenvalue weighted by Gasteiger charge is 2.15. The number of nitrogens with two attached hydrogens (primary N) is 1. The van der Waals surface area contributed by atoms with Crippen molar-refractivity contribution in [1.82, 2.24) is 9.97 Å². The summed E-state index contributed by atoms with van der Waals surface area (Å²) >= 11 is 0. The number of benzene rings is 2. The standard InChI is InChI=1S/C19H20BN3O/c20-16-7-5-15(6-8-16)14-3-1-13(2-4-14)9-19(24)18(21)10-17-11-22-12-23-17/h1-8,11-12,18H,9-10,20-21H2,(H,22,23). The van der Waals surface area contributed by atoms with Gasteiger partial charge >= 0.3 is 0 Å². The molecule has 0 aliphatic heterocycles. The lowest BCUT2D eigenvalue weighted by atomic mass is 9.93. The van der Waals surface area contributed by atoms with E-state index in [-0.39, 0.29) is 5.78 Å². The van der Waals surface area contributed by atoms with Crippen molar-refractivity contribution in [3.63, 3.8) is 0 Å². The van der Waals surface area contributed by atoms with E-state index in [4.69, 9.17) is 5.73 Å². The van der Waals surface area contributed by atoms with E-state index in [0.717, 1.165) is 16.8 Å². The maximum atomic E-state index is 12.3. The number of Topliss-reactive ketones (excluding diaryl/α,β-unsaturated/α-hetero) is 1. The van der Waals surface area contributed by atoms with Crippen molar-refractivity contribution in [3.05, 3.63) is 72.3 Å². The minimum Gasteiger partial charge on any atom is -0.351 e. The fourth-order valence-electron chi connectivity index (χ4n) is 2.64. The zero-order chi connectivity index (χ0) is 16.9. The zero-order valence-corrected chi connectivity index (χ0v) is 13.7. The number of carbonyl (C=O) groups excluding carboxylic acids is 1. The summed E-state index contributed by atoms with van der Waals surface area (Å²) in [6, 6.07) is 16.0. The summed E-state index contributed by atoms with van der Waals surface area (Å²) in [5.41, 5.74) is 11.3. The smallest absolute Gasteiger partial charge is 0.154 e. The summed E-state index contributed by atoms with van der Waals surface area (Å²) in [4.78, 5) is 19.2. The van der Waals surface area contributed by atoms with Gasteiger partial charge in [0, 0.05) is 19.0 Å². The topological polar surface area (TPSA) is 71.8 Å². The van der Waals surface area contributed by atoms with Crippen molar-refractivity contribution in [2.45, 2.75) is 18.9 Å². The Balaban J connectivity index is 1.63. The van der Waals surface area contributed by atoms with E-state index in [1.807, 2.05) is 24.3 Å². The molecule has 0 aliphatic rings. The Labute approximate surface area is 142 Å². The zero-order valence-electron chi connectivity index (χ0n) is 13.7. The number of carbonyl (C=O) groups is 1. The van der Waals surface area contributed by atoms with Crippen LogP contribution in [0.3, 0.4) is 0 Å². The fraction of sp³-hybridized carbons (Fsp3) is 0.158. The normalized spacial score (nSPS) is 12.0. The molecule has 0 amide bonds. The first kappa shape index (κ1) is 16.2. The van der Waals surface area contributed by atoms with Crippen LogP contribution in [0.15, 0.2) is 61.1 Å². The third kappa shape index (κ3) is 4.00. The summed E-state index contributed by atoms with van der Waals surface area (Å²) in [6.45, 7) is 0. The molecule has 4 nitrogen and oxygen atoms in total. The van der Waals surface area contributed by atoms with Crippen molar-refractivity contribution < 1.29 is 4.79 Å². The molecule has 3 aromatic rings. The van der Waals surface area contributed by atoms with Crippen LogP contribution in [-0.4, -0.2) is 29.6 Å². The molecule has 1 unspecified atom stereocenters. The number of H-pyrrole nitrogens is 1. The maximum absolute atomic E-state index is 12.3. The van der Waals surface area contributed by atoms with Gasteiger partial charge in [0.1, 0.15) is 7.85 Å². The highest BCUT2D eigenvalue weighted by molar-refractivity contribution is 6.32. The molecule has 0 saturated carbocycles.